The molecule has 0 aliphatic rings. The zero-order valence-electron chi connectivity index (χ0n) is 8.38. The monoisotopic (exact) mass is 277 g/mol. The Morgan fingerprint density at radius 2 is 2.36 bits per heavy atom. The van der Waals surface area contributed by atoms with Gasteiger partial charge in [-0.2, -0.15) is 0 Å². The molecule has 1 N–H and O–H groups in total. The molecule has 2 nitrogen and oxygen atoms in total. The number of thiophene rings is 1. The predicted octanol–water partition coefficient (Wildman–Crippen LogP) is 3.03. The summed E-state index contributed by atoms with van der Waals surface area (Å²) in [7, 11) is 0. The lowest BCUT2D eigenvalue weighted by molar-refractivity contribution is 0.144. The van der Waals surface area contributed by atoms with E-state index in [2.05, 4.69) is 33.4 Å². The highest BCUT2D eigenvalue weighted by Crippen LogP contribution is 2.21. The van der Waals surface area contributed by atoms with Gasteiger partial charge in [-0.3, -0.25) is 0 Å². The number of ether oxygens (including phenoxy) is 1. The van der Waals surface area contributed by atoms with Gasteiger partial charge < -0.3 is 10.1 Å². The fourth-order valence-corrected chi connectivity index (χ4v) is 2.55. The van der Waals surface area contributed by atoms with Crippen LogP contribution in [0.15, 0.2) is 15.9 Å². The van der Waals surface area contributed by atoms with Gasteiger partial charge >= 0.3 is 0 Å². The van der Waals surface area contributed by atoms with Crippen LogP contribution in [0.4, 0.5) is 0 Å². The van der Waals surface area contributed by atoms with Crippen molar-refractivity contribution in [2.75, 3.05) is 19.8 Å². The van der Waals surface area contributed by atoms with Crippen molar-refractivity contribution >= 4 is 27.3 Å². The summed E-state index contributed by atoms with van der Waals surface area (Å²) < 4.78 is 6.44. The number of nitrogens with one attached hydrogen (secondary N) is 1. The molecule has 0 fully saturated rings. The highest BCUT2D eigenvalue weighted by molar-refractivity contribution is 9.11. The van der Waals surface area contributed by atoms with E-state index in [0.29, 0.717) is 0 Å². The third-order valence-corrected chi connectivity index (χ3v) is 3.40. The van der Waals surface area contributed by atoms with Crippen molar-refractivity contribution in [2.24, 2.45) is 0 Å². The molecule has 0 amide bonds. The number of hydrogen-bond donors (Lipinski definition) is 1. The second-order valence-electron chi connectivity index (χ2n) is 2.93. The van der Waals surface area contributed by atoms with Crippen molar-refractivity contribution in [3.8, 4) is 0 Å². The van der Waals surface area contributed by atoms with Crippen LogP contribution < -0.4 is 5.32 Å². The maximum Gasteiger partial charge on any atom is 0.0701 e. The molecule has 14 heavy (non-hydrogen) atoms. The topological polar surface area (TPSA) is 21.3 Å². The van der Waals surface area contributed by atoms with Gasteiger partial charge in [0.25, 0.3) is 0 Å². The Morgan fingerprint density at radius 3 is 3.00 bits per heavy atom. The lowest BCUT2D eigenvalue weighted by atomic mass is 10.4. The van der Waals surface area contributed by atoms with E-state index in [0.717, 1.165) is 32.7 Å². The highest BCUT2D eigenvalue weighted by atomic mass is 79.9. The van der Waals surface area contributed by atoms with Gasteiger partial charge in [0.15, 0.2) is 0 Å². The zero-order chi connectivity index (χ0) is 10.2. The standard InChI is InChI=1S/C10H16BrNOS/c1-2-13-7-3-6-12-8-9-4-5-10(11)14-9/h4-5,12H,2-3,6-8H2,1H3. The molecule has 0 spiro atoms. The molecule has 1 heterocycles. The van der Waals surface area contributed by atoms with Crippen molar-refractivity contribution in [3.63, 3.8) is 0 Å². The van der Waals surface area contributed by atoms with Crippen molar-refractivity contribution in [1.29, 1.82) is 0 Å². The molecule has 0 atom stereocenters. The first kappa shape index (κ1) is 12.2. The summed E-state index contributed by atoms with van der Waals surface area (Å²) in [5.74, 6) is 0. The minimum Gasteiger partial charge on any atom is -0.382 e. The van der Waals surface area contributed by atoms with E-state index in [-0.39, 0.29) is 0 Å². The van der Waals surface area contributed by atoms with Gasteiger partial charge in [0.05, 0.1) is 3.79 Å². The van der Waals surface area contributed by atoms with E-state index < -0.39 is 0 Å². The van der Waals surface area contributed by atoms with Crippen molar-refractivity contribution in [1.82, 2.24) is 5.32 Å². The van der Waals surface area contributed by atoms with Gasteiger partial charge in [-0.1, -0.05) is 0 Å². The number of halogens is 1. The van der Waals surface area contributed by atoms with Crippen LogP contribution in [0.3, 0.4) is 0 Å². The van der Waals surface area contributed by atoms with E-state index >= 15 is 0 Å². The summed E-state index contributed by atoms with van der Waals surface area (Å²) in [6.45, 7) is 5.68. The van der Waals surface area contributed by atoms with Crippen LogP contribution in [-0.2, 0) is 11.3 Å². The SMILES string of the molecule is CCOCCCNCc1ccc(Br)s1. The third-order valence-electron chi connectivity index (χ3n) is 1.77. The van der Waals surface area contributed by atoms with Crippen LogP contribution in [0, 0.1) is 0 Å². The molecule has 1 aromatic heterocycles. The van der Waals surface area contributed by atoms with Crippen molar-refractivity contribution < 1.29 is 4.74 Å². The van der Waals surface area contributed by atoms with Crippen LogP contribution in [0.1, 0.15) is 18.2 Å². The summed E-state index contributed by atoms with van der Waals surface area (Å²) in [4.78, 5) is 1.37. The third kappa shape index (κ3) is 5.10. The number of hydrogen-bond acceptors (Lipinski definition) is 3. The van der Waals surface area contributed by atoms with E-state index in [4.69, 9.17) is 4.74 Å². The van der Waals surface area contributed by atoms with Gasteiger partial charge in [0, 0.05) is 24.6 Å². The van der Waals surface area contributed by atoms with Crippen LogP contribution >= 0.6 is 27.3 Å². The first-order valence-electron chi connectivity index (χ1n) is 4.85. The molecule has 1 aromatic rings. The van der Waals surface area contributed by atoms with Crippen LogP contribution in [0.2, 0.25) is 0 Å². The predicted molar refractivity (Wildman–Crippen MR) is 64.8 cm³/mol. The minimum atomic E-state index is 0.817. The molecular weight excluding hydrogens is 262 g/mol. The first-order chi connectivity index (χ1) is 6.83. The second-order valence-corrected chi connectivity index (χ2v) is 5.48. The lowest BCUT2D eigenvalue weighted by Gasteiger charge is -2.02. The van der Waals surface area contributed by atoms with Crippen LogP contribution in [-0.4, -0.2) is 19.8 Å². The maximum absolute atomic E-state index is 5.24. The molecule has 80 valence electrons. The average molecular weight is 278 g/mol. The van der Waals surface area contributed by atoms with Crippen LogP contribution in [0.5, 0.6) is 0 Å². The van der Waals surface area contributed by atoms with E-state index in [1.807, 2.05) is 6.92 Å². The summed E-state index contributed by atoms with van der Waals surface area (Å²) in [5.41, 5.74) is 0. The quantitative estimate of drug-likeness (QED) is 0.774. The summed E-state index contributed by atoms with van der Waals surface area (Å²) >= 11 is 5.23. The van der Waals surface area contributed by atoms with Gasteiger partial charge in [-0.25, -0.2) is 0 Å². The Bertz CT molecular complexity index is 252. The Balaban J connectivity index is 1.99. The molecule has 0 saturated heterocycles. The smallest absolute Gasteiger partial charge is 0.0701 e. The normalized spacial score (nSPS) is 10.7. The molecule has 0 saturated carbocycles. The van der Waals surface area contributed by atoms with E-state index in [1.54, 1.807) is 11.3 Å². The Morgan fingerprint density at radius 1 is 1.50 bits per heavy atom. The molecule has 0 aliphatic carbocycles. The maximum atomic E-state index is 5.24. The van der Waals surface area contributed by atoms with E-state index in [1.165, 1.54) is 8.66 Å². The molecule has 4 heteroatoms. The molecule has 0 aromatic carbocycles. The molecule has 0 radical (unpaired) electrons. The van der Waals surface area contributed by atoms with Gasteiger partial charge in [0.2, 0.25) is 0 Å². The Hall–Kier alpha value is 0.1000. The Labute approximate surface area is 97.8 Å². The highest BCUT2D eigenvalue weighted by Gasteiger charge is 1.96. The second kappa shape index (κ2) is 7.40. The average Bonchev–Trinajstić information content (AvgIpc) is 2.58. The minimum absolute atomic E-state index is 0.817. The van der Waals surface area contributed by atoms with Gasteiger partial charge in [-0.05, 0) is 48.0 Å². The van der Waals surface area contributed by atoms with Crippen molar-refractivity contribution in [3.05, 3.63) is 20.8 Å². The summed E-state index contributed by atoms with van der Waals surface area (Å²) in [6, 6.07) is 4.23. The summed E-state index contributed by atoms with van der Waals surface area (Å²) in [5, 5.41) is 3.38. The molecule has 1 rings (SSSR count). The van der Waals surface area contributed by atoms with Gasteiger partial charge in [-0.15, -0.1) is 11.3 Å². The fraction of sp³-hybridized carbons (Fsp3) is 0.600. The van der Waals surface area contributed by atoms with Gasteiger partial charge in [0.1, 0.15) is 0 Å². The largest absolute Gasteiger partial charge is 0.382 e. The van der Waals surface area contributed by atoms with E-state index in [9.17, 15) is 0 Å². The lowest BCUT2D eigenvalue weighted by Crippen LogP contribution is -2.15. The Kier molecular flexibility index (Phi) is 6.43. The number of rotatable bonds is 7. The zero-order valence-corrected chi connectivity index (χ0v) is 10.8. The van der Waals surface area contributed by atoms with Crippen LogP contribution in [0.25, 0.3) is 0 Å². The molecule has 0 bridgehead atoms. The molecular formula is C10H16BrNOS. The first-order valence-corrected chi connectivity index (χ1v) is 6.46. The molecule has 0 unspecified atom stereocenters. The fourth-order valence-electron chi connectivity index (χ4n) is 1.10. The van der Waals surface area contributed by atoms with Crippen molar-refractivity contribution in [2.45, 2.75) is 19.9 Å². The summed E-state index contributed by atoms with van der Waals surface area (Å²) in [6.07, 6.45) is 1.08. The molecule has 0 aliphatic heterocycles.